The molecule has 138 valence electrons. The number of aromatic nitrogens is 1. The van der Waals surface area contributed by atoms with Crippen molar-refractivity contribution in [3.63, 3.8) is 0 Å². The minimum absolute atomic E-state index is 0.0108. The van der Waals surface area contributed by atoms with Gasteiger partial charge in [-0.2, -0.15) is 0 Å². The highest BCUT2D eigenvalue weighted by Gasteiger charge is 2.17. The Kier molecular flexibility index (Phi) is 4.88. The number of aromatic hydroxyl groups is 1. The Morgan fingerprint density at radius 1 is 0.929 bits per heavy atom. The smallest absolute Gasteiger partial charge is 0.224 e. The monoisotopic (exact) mass is 385 g/mol. The zero-order chi connectivity index (χ0) is 19.7. The van der Waals surface area contributed by atoms with Gasteiger partial charge in [0.15, 0.2) is 0 Å². The second kappa shape index (κ2) is 7.49. The van der Waals surface area contributed by atoms with Crippen LogP contribution in [-0.2, 0) is 0 Å². The molecule has 1 heterocycles. The van der Waals surface area contributed by atoms with Gasteiger partial charge in [-0.25, -0.2) is 0 Å². The third-order valence-corrected chi connectivity index (χ3v) is 5.67. The molecule has 0 saturated heterocycles. The van der Waals surface area contributed by atoms with E-state index in [0.29, 0.717) is 5.56 Å². The maximum absolute atomic E-state index is 13.2. The molecule has 0 bridgehead atoms. The number of phenolic OH excluding ortho intramolecular Hbond substituents is 1. The van der Waals surface area contributed by atoms with Crippen molar-refractivity contribution in [1.29, 1.82) is 0 Å². The summed E-state index contributed by atoms with van der Waals surface area (Å²) in [5.41, 5.74) is 3.98. The maximum atomic E-state index is 13.2. The average molecular weight is 385 g/mol. The lowest BCUT2D eigenvalue weighted by Gasteiger charge is -2.13. The molecule has 0 atom stereocenters. The lowest BCUT2D eigenvalue weighted by molar-refractivity contribution is 0.108. The van der Waals surface area contributed by atoms with E-state index in [0.717, 1.165) is 37.9 Å². The molecular weight excluding hydrogens is 366 g/mol. The molecule has 0 radical (unpaired) electrons. The predicted octanol–water partition coefficient (Wildman–Crippen LogP) is 6.16. The van der Waals surface area contributed by atoms with Gasteiger partial charge in [0.2, 0.25) is 5.12 Å². The summed E-state index contributed by atoms with van der Waals surface area (Å²) in [4.78, 5) is 18.3. The molecule has 0 saturated carbocycles. The molecule has 0 aliphatic rings. The largest absolute Gasteiger partial charge is 0.507 e. The van der Waals surface area contributed by atoms with Gasteiger partial charge in [-0.3, -0.25) is 9.78 Å². The average Bonchev–Trinajstić information content (AvgIpc) is 2.71. The molecule has 1 aromatic heterocycles. The fourth-order valence-electron chi connectivity index (χ4n) is 3.31. The van der Waals surface area contributed by atoms with Crippen LogP contribution >= 0.6 is 11.8 Å². The van der Waals surface area contributed by atoms with E-state index in [9.17, 15) is 9.90 Å². The number of benzene rings is 3. The van der Waals surface area contributed by atoms with Gasteiger partial charge >= 0.3 is 0 Å². The Hall–Kier alpha value is -3.11. The normalized spacial score (nSPS) is 10.9. The van der Waals surface area contributed by atoms with Crippen LogP contribution in [0.5, 0.6) is 5.75 Å². The lowest BCUT2D eigenvalue weighted by atomic mass is 9.94. The van der Waals surface area contributed by atoms with Crippen molar-refractivity contribution in [2.24, 2.45) is 0 Å². The summed E-state index contributed by atoms with van der Waals surface area (Å²) in [5.74, 6) is 0.290. The topological polar surface area (TPSA) is 50.2 Å². The molecule has 4 aromatic rings. The first-order valence-electron chi connectivity index (χ1n) is 8.98. The molecule has 0 aliphatic carbocycles. The molecule has 1 N–H and O–H groups in total. The summed E-state index contributed by atoms with van der Waals surface area (Å²) in [7, 11) is 0. The highest BCUT2D eigenvalue weighted by molar-refractivity contribution is 8.14. The minimum Gasteiger partial charge on any atom is -0.507 e. The first-order chi connectivity index (χ1) is 13.5. The number of carbonyl (C=O) groups excluding carboxylic acids is 1. The highest BCUT2D eigenvalue weighted by Crippen LogP contribution is 2.36. The summed E-state index contributed by atoms with van der Waals surface area (Å²) in [6.07, 6.45) is 3.53. The van der Waals surface area contributed by atoms with Crippen LogP contribution in [0.15, 0.2) is 78.0 Å². The number of rotatable bonds is 3. The van der Waals surface area contributed by atoms with E-state index in [1.807, 2.05) is 74.5 Å². The number of fused-ring (bicyclic) bond motifs is 1. The molecule has 4 rings (SSSR count). The second-order valence-electron chi connectivity index (χ2n) is 6.78. The highest BCUT2D eigenvalue weighted by atomic mass is 32.2. The van der Waals surface area contributed by atoms with Gasteiger partial charge in [-0.15, -0.1) is 0 Å². The van der Waals surface area contributed by atoms with E-state index in [2.05, 4.69) is 4.98 Å². The summed E-state index contributed by atoms with van der Waals surface area (Å²) in [5, 5.41) is 12.1. The SMILES string of the molecule is Cc1cc(-c2cc3cnccc3cc2C(=O)Sc2ccccc2)cc(C)c1O. The molecule has 0 spiro atoms. The maximum Gasteiger partial charge on any atom is 0.224 e. The zero-order valence-electron chi connectivity index (χ0n) is 15.6. The Balaban J connectivity index is 1.89. The molecule has 0 aliphatic heterocycles. The summed E-state index contributed by atoms with van der Waals surface area (Å²) >= 11 is 1.22. The molecule has 3 aromatic carbocycles. The van der Waals surface area contributed by atoms with Crippen molar-refractivity contribution in [2.45, 2.75) is 18.7 Å². The Morgan fingerprint density at radius 3 is 2.36 bits per heavy atom. The summed E-state index contributed by atoms with van der Waals surface area (Å²) in [6.45, 7) is 3.74. The van der Waals surface area contributed by atoms with Crippen LogP contribution in [0, 0.1) is 13.8 Å². The van der Waals surface area contributed by atoms with Gasteiger partial charge in [-0.05, 0) is 95.7 Å². The van der Waals surface area contributed by atoms with Crippen molar-refractivity contribution in [1.82, 2.24) is 4.98 Å². The van der Waals surface area contributed by atoms with E-state index < -0.39 is 0 Å². The number of aryl methyl sites for hydroxylation is 2. The Labute approximate surface area is 168 Å². The van der Waals surface area contributed by atoms with Crippen molar-refractivity contribution >= 4 is 27.6 Å². The van der Waals surface area contributed by atoms with E-state index in [4.69, 9.17) is 0 Å². The van der Waals surface area contributed by atoms with Crippen LogP contribution in [0.1, 0.15) is 21.5 Å². The fourth-order valence-corrected chi connectivity index (χ4v) is 4.09. The van der Waals surface area contributed by atoms with Gasteiger partial charge in [0.05, 0.1) is 0 Å². The third-order valence-electron chi connectivity index (χ3n) is 4.75. The van der Waals surface area contributed by atoms with Crippen molar-refractivity contribution in [2.75, 3.05) is 0 Å². The van der Waals surface area contributed by atoms with E-state index in [1.165, 1.54) is 11.8 Å². The molecular formula is C24H19NO2S. The number of nitrogens with zero attached hydrogens (tertiary/aromatic N) is 1. The number of pyridine rings is 1. The lowest BCUT2D eigenvalue weighted by Crippen LogP contribution is -1.99. The summed E-state index contributed by atoms with van der Waals surface area (Å²) < 4.78 is 0. The fraction of sp³-hybridized carbons (Fsp3) is 0.0833. The van der Waals surface area contributed by atoms with Crippen LogP contribution in [0.2, 0.25) is 0 Å². The number of hydrogen-bond donors (Lipinski definition) is 1. The van der Waals surface area contributed by atoms with E-state index in [1.54, 1.807) is 12.4 Å². The molecule has 0 unspecified atom stereocenters. The molecule has 28 heavy (non-hydrogen) atoms. The van der Waals surface area contributed by atoms with Gasteiger partial charge in [0, 0.05) is 28.2 Å². The van der Waals surface area contributed by atoms with Crippen LogP contribution in [0.25, 0.3) is 21.9 Å². The number of hydrogen-bond acceptors (Lipinski definition) is 4. The number of thioether (sulfide) groups is 1. The zero-order valence-corrected chi connectivity index (χ0v) is 16.5. The Morgan fingerprint density at radius 2 is 1.64 bits per heavy atom. The van der Waals surface area contributed by atoms with Crippen LogP contribution in [0.3, 0.4) is 0 Å². The van der Waals surface area contributed by atoms with Crippen LogP contribution < -0.4 is 0 Å². The third kappa shape index (κ3) is 3.51. The van der Waals surface area contributed by atoms with Crippen molar-refractivity contribution < 1.29 is 9.90 Å². The minimum atomic E-state index is -0.0108. The predicted molar refractivity (Wildman–Crippen MR) is 115 cm³/mol. The quantitative estimate of drug-likeness (QED) is 0.429. The van der Waals surface area contributed by atoms with Gasteiger partial charge in [-0.1, -0.05) is 18.2 Å². The number of phenols is 1. The molecule has 3 nitrogen and oxygen atoms in total. The Bertz CT molecular complexity index is 1160. The van der Waals surface area contributed by atoms with Crippen molar-refractivity contribution in [3.8, 4) is 16.9 Å². The first kappa shape index (κ1) is 18.3. The van der Waals surface area contributed by atoms with E-state index in [-0.39, 0.29) is 10.9 Å². The molecule has 0 fully saturated rings. The van der Waals surface area contributed by atoms with Gasteiger partial charge in [0.25, 0.3) is 0 Å². The molecule has 4 heteroatoms. The van der Waals surface area contributed by atoms with Gasteiger partial charge < -0.3 is 5.11 Å². The number of carbonyl (C=O) groups is 1. The van der Waals surface area contributed by atoms with Crippen molar-refractivity contribution in [3.05, 3.63) is 89.7 Å². The second-order valence-corrected chi connectivity index (χ2v) is 7.83. The van der Waals surface area contributed by atoms with Gasteiger partial charge in [0.1, 0.15) is 5.75 Å². The summed E-state index contributed by atoms with van der Waals surface area (Å²) in [6, 6.07) is 19.3. The standard InChI is InChI=1S/C24H19NO2S/c1-15-10-18(11-16(2)23(15)26)21-13-19-14-25-9-8-17(19)12-22(21)24(27)28-20-6-4-3-5-7-20/h3-14,26H,1-2H3. The van der Waals surface area contributed by atoms with Crippen LogP contribution in [-0.4, -0.2) is 15.2 Å². The first-order valence-corrected chi connectivity index (χ1v) is 9.80. The van der Waals surface area contributed by atoms with E-state index >= 15 is 0 Å². The molecule has 0 amide bonds. The van der Waals surface area contributed by atoms with Crippen LogP contribution in [0.4, 0.5) is 0 Å².